The fraction of sp³-hybridized carbons (Fsp3) is 0.417. The second-order valence-electron chi connectivity index (χ2n) is 4.12. The lowest BCUT2D eigenvalue weighted by atomic mass is 9.91. The van der Waals surface area contributed by atoms with Crippen LogP contribution in [-0.4, -0.2) is 37.2 Å². The Morgan fingerprint density at radius 1 is 1.28 bits per heavy atom. The van der Waals surface area contributed by atoms with E-state index in [2.05, 4.69) is 0 Å². The summed E-state index contributed by atoms with van der Waals surface area (Å²) in [6.07, 6.45) is -4.15. The van der Waals surface area contributed by atoms with E-state index >= 15 is 0 Å². The zero-order valence-corrected chi connectivity index (χ0v) is 9.48. The van der Waals surface area contributed by atoms with Gasteiger partial charge in [-0.15, -0.1) is 0 Å². The minimum absolute atomic E-state index is 0.0176. The van der Waals surface area contributed by atoms with Crippen molar-refractivity contribution < 1.29 is 22.7 Å². The Balaban J connectivity index is 2.45. The minimum atomic E-state index is -4.57. The number of ether oxygens (including phenoxy) is 1. The average molecular weight is 259 g/mol. The molecule has 1 amide bonds. The number of nitrogens with zero attached hydrogens (tertiary/aromatic N) is 1. The molecule has 0 aliphatic carbocycles. The van der Waals surface area contributed by atoms with Crippen LogP contribution in [0.3, 0.4) is 0 Å². The van der Waals surface area contributed by atoms with Gasteiger partial charge in [-0.1, -0.05) is 30.3 Å². The Morgan fingerprint density at radius 3 is 2.50 bits per heavy atom. The van der Waals surface area contributed by atoms with Crippen molar-refractivity contribution >= 4 is 6.41 Å². The highest BCUT2D eigenvalue weighted by Crippen LogP contribution is 2.44. The predicted octanol–water partition coefficient (Wildman–Crippen LogP) is 1.93. The molecule has 0 radical (unpaired) electrons. The molecule has 18 heavy (non-hydrogen) atoms. The smallest absolute Gasteiger partial charge is 0.357 e. The molecular weight excluding hydrogens is 247 g/mol. The van der Waals surface area contributed by atoms with Crippen molar-refractivity contribution in [3.8, 4) is 0 Å². The van der Waals surface area contributed by atoms with Gasteiger partial charge < -0.3 is 9.64 Å². The van der Waals surface area contributed by atoms with E-state index in [4.69, 9.17) is 4.74 Å². The summed E-state index contributed by atoms with van der Waals surface area (Å²) in [6.45, 7) is -0.467. The van der Waals surface area contributed by atoms with E-state index in [1.807, 2.05) is 0 Å². The van der Waals surface area contributed by atoms with Gasteiger partial charge in [-0.25, -0.2) is 0 Å². The lowest BCUT2D eigenvalue weighted by Crippen LogP contribution is -2.57. The van der Waals surface area contributed by atoms with Gasteiger partial charge in [0.05, 0.1) is 13.2 Å². The highest BCUT2D eigenvalue weighted by atomic mass is 19.4. The summed E-state index contributed by atoms with van der Waals surface area (Å²) in [7, 11) is 0. The Kier molecular flexibility index (Phi) is 3.30. The maximum absolute atomic E-state index is 13.3. The van der Waals surface area contributed by atoms with E-state index in [1.54, 1.807) is 6.07 Å². The van der Waals surface area contributed by atoms with Crippen LogP contribution in [0.1, 0.15) is 5.56 Å². The van der Waals surface area contributed by atoms with Crippen LogP contribution >= 0.6 is 0 Å². The van der Waals surface area contributed by atoms with Crippen molar-refractivity contribution in [3.05, 3.63) is 35.9 Å². The number of carbonyl (C=O) groups is 1. The van der Waals surface area contributed by atoms with Gasteiger partial charge in [-0.3, -0.25) is 4.79 Å². The molecule has 0 bridgehead atoms. The molecule has 1 unspecified atom stereocenters. The molecule has 2 rings (SSSR count). The first kappa shape index (κ1) is 12.9. The molecule has 0 aromatic heterocycles. The largest absolute Gasteiger partial charge is 0.423 e. The van der Waals surface area contributed by atoms with Crippen LogP contribution in [0.15, 0.2) is 30.3 Å². The quantitative estimate of drug-likeness (QED) is 0.759. The van der Waals surface area contributed by atoms with E-state index in [0.717, 1.165) is 4.90 Å². The van der Waals surface area contributed by atoms with Crippen LogP contribution in [-0.2, 0) is 15.1 Å². The van der Waals surface area contributed by atoms with Crippen molar-refractivity contribution in [2.24, 2.45) is 0 Å². The molecule has 0 saturated carbocycles. The molecule has 3 nitrogen and oxygen atoms in total. The van der Waals surface area contributed by atoms with Crippen LogP contribution in [0.25, 0.3) is 0 Å². The lowest BCUT2D eigenvalue weighted by Gasteiger charge is -2.42. The molecule has 1 aromatic carbocycles. The number of rotatable bonds is 2. The highest BCUT2D eigenvalue weighted by Gasteiger charge is 2.59. The Hall–Kier alpha value is -1.56. The molecule has 1 aliphatic heterocycles. The van der Waals surface area contributed by atoms with Crippen molar-refractivity contribution in [2.75, 3.05) is 19.7 Å². The third-order valence-corrected chi connectivity index (χ3v) is 3.00. The van der Waals surface area contributed by atoms with Crippen LogP contribution in [0.2, 0.25) is 0 Å². The molecule has 1 aliphatic rings. The number of halogens is 3. The number of alkyl halides is 3. The van der Waals surface area contributed by atoms with Crippen LogP contribution in [0.4, 0.5) is 13.2 Å². The van der Waals surface area contributed by atoms with E-state index < -0.39 is 18.3 Å². The average Bonchev–Trinajstić information content (AvgIpc) is 2.38. The summed E-state index contributed by atoms with van der Waals surface area (Å²) in [4.78, 5) is 11.8. The third-order valence-electron chi connectivity index (χ3n) is 3.00. The molecule has 1 heterocycles. The van der Waals surface area contributed by atoms with Gasteiger partial charge in [0, 0.05) is 6.54 Å². The molecule has 6 heteroatoms. The second-order valence-corrected chi connectivity index (χ2v) is 4.12. The predicted molar refractivity (Wildman–Crippen MR) is 57.8 cm³/mol. The summed E-state index contributed by atoms with van der Waals surface area (Å²) in [6, 6.07) is 7.40. The fourth-order valence-electron chi connectivity index (χ4n) is 2.05. The van der Waals surface area contributed by atoms with E-state index in [9.17, 15) is 18.0 Å². The first-order chi connectivity index (χ1) is 8.49. The van der Waals surface area contributed by atoms with Gasteiger partial charge in [0.1, 0.15) is 0 Å². The van der Waals surface area contributed by atoms with Gasteiger partial charge in [0.25, 0.3) is 0 Å². The molecule has 98 valence electrons. The first-order valence-electron chi connectivity index (χ1n) is 5.45. The number of carbonyl (C=O) groups excluding carboxylic acids is 1. The van der Waals surface area contributed by atoms with E-state index in [0.29, 0.717) is 6.41 Å². The minimum Gasteiger partial charge on any atom is -0.357 e. The van der Waals surface area contributed by atoms with Crippen molar-refractivity contribution in [2.45, 2.75) is 11.8 Å². The maximum atomic E-state index is 13.3. The van der Waals surface area contributed by atoms with Gasteiger partial charge in [-0.05, 0) is 5.56 Å². The van der Waals surface area contributed by atoms with Gasteiger partial charge in [-0.2, -0.15) is 13.2 Å². The highest BCUT2D eigenvalue weighted by molar-refractivity contribution is 5.48. The molecule has 1 atom stereocenters. The zero-order chi connectivity index (χ0) is 13.2. The molecule has 0 spiro atoms. The second kappa shape index (κ2) is 4.61. The van der Waals surface area contributed by atoms with Crippen molar-refractivity contribution in [1.82, 2.24) is 4.90 Å². The summed E-state index contributed by atoms with van der Waals surface area (Å²) in [5.41, 5.74) is -2.41. The number of hydrogen-bond acceptors (Lipinski definition) is 2. The Bertz CT molecular complexity index is 421. The van der Waals surface area contributed by atoms with Gasteiger partial charge in [0.2, 0.25) is 12.0 Å². The summed E-state index contributed by atoms with van der Waals surface area (Å²) < 4.78 is 45.0. The molecule has 1 fully saturated rings. The SMILES string of the molecule is O=CN1CCOC(c2ccccc2)(C(F)(F)F)C1. The van der Waals surface area contributed by atoms with Crippen LogP contribution < -0.4 is 0 Å². The lowest BCUT2D eigenvalue weighted by molar-refractivity contribution is -0.300. The number of benzene rings is 1. The monoisotopic (exact) mass is 259 g/mol. The Morgan fingerprint density at radius 2 is 1.94 bits per heavy atom. The summed E-state index contributed by atoms with van der Waals surface area (Å²) in [5.74, 6) is 0. The number of amides is 1. The van der Waals surface area contributed by atoms with Crippen molar-refractivity contribution in [1.29, 1.82) is 0 Å². The van der Waals surface area contributed by atoms with Gasteiger partial charge in [0.15, 0.2) is 0 Å². The maximum Gasteiger partial charge on any atom is 0.423 e. The Labute approximate surface area is 102 Å². The van der Waals surface area contributed by atoms with E-state index in [1.165, 1.54) is 24.3 Å². The molecule has 0 N–H and O–H groups in total. The first-order valence-corrected chi connectivity index (χ1v) is 5.45. The standard InChI is InChI=1S/C12H12F3NO2/c13-12(14,15)11(10-4-2-1-3-5-10)8-16(9-17)6-7-18-11/h1-5,9H,6-8H2. The summed E-state index contributed by atoms with van der Waals surface area (Å²) in [5, 5.41) is 0. The van der Waals surface area contributed by atoms with Crippen LogP contribution in [0, 0.1) is 0 Å². The third kappa shape index (κ3) is 2.08. The molecular formula is C12H12F3NO2. The summed E-state index contributed by atoms with van der Waals surface area (Å²) >= 11 is 0. The zero-order valence-electron chi connectivity index (χ0n) is 9.48. The molecule has 1 aromatic rings. The van der Waals surface area contributed by atoms with Gasteiger partial charge >= 0.3 is 6.18 Å². The molecule has 1 saturated heterocycles. The van der Waals surface area contributed by atoms with Crippen molar-refractivity contribution in [3.63, 3.8) is 0 Å². The van der Waals surface area contributed by atoms with Crippen LogP contribution in [0.5, 0.6) is 0 Å². The topological polar surface area (TPSA) is 29.5 Å². The number of hydrogen-bond donors (Lipinski definition) is 0. The normalized spacial score (nSPS) is 24.9. The number of morpholine rings is 1. The fourth-order valence-corrected chi connectivity index (χ4v) is 2.05. The van der Waals surface area contributed by atoms with E-state index in [-0.39, 0.29) is 18.7 Å².